The number of hydrogen-bond acceptors (Lipinski definition) is 5. The van der Waals surface area contributed by atoms with E-state index in [4.69, 9.17) is 10.2 Å². The summed E-state index contributed by atoms with van der Waals surface area (Å²) >= 11 is 4.58. The number of aromatic nitrogens is 1. The van der Waals surface area contributed by atoms with Gasteiger partial charge in [0.2, 0.25) is 0 Å². The van der Waals surface area contributed by atoms with E-state index in [1.54, 1.807) is 29.6 Å². The Kier molecular flexibility index (Phi) is 4.26. The molecule has 0 fully saturated rings. The van der Waals surface area contributed by atoms with Crippen molar-refractivity contribution >= 4 is 44.2 Å². The molecule has 2 heterocycles. The van der Waals surface area contributed by atoms with Gasteiger partial charge in [-0.1, -0.05) is 15.9 Å². The van der Waals surface area contributed by atoms with Crippen molar-refractivity contribution in [2.75, 3.05) is 5.32 Å². The zero-order chi connectivity index (χ0) is 16.4. The zero-order valence-corrected chi connectivity index (χ0v) is 14.0. The summed E-state index contributed by atoms with van der Waals surface area (Å²) in [7, 11) is 0. The lowest BCUT2D eigenvalue weighted by Gasteiger charge is -2.01. The van der Waals surface area contributed by atoms with Crippen LogP contribution in [0.3, 0.4) is 0 Å². The first-order valence-corrected chi connectivity index (χ1v) is 8.11. The summed E-state index contributed by atoms with van der Waals surface area (Å²) in [6.45, 7) is 0. The van der Waals surface area contributed by atoms with Crippen LogP contribution < -0.4 is 11.1 Å². The Labute approximate surface area is 143 Å². The highest BCUT2D eigenvalue weighted by atomic mass is 79.9. The maximum absolute atomic E-state index is 12.1. The molecule has 0 saturated heterocycles. The van der Waals surface area contributed by atoms with E-state index < -0.39 is 5.91 Å². The number of nitrogens with zero attached hydrogens (tertiary/aromatic N) is 1. The number of anilines is 1. The van der Waals surface area contributed by atoms with Crippen LogP contribution in [0, 0.1) is 0 Å². The molecule has 0 aliphatic rings. The second kappa shape index (κ2) is 6.35. The van der Waals surface area contributed by atoms with Crippen molar-refractivity contribution in [3.63, 3.8) is 0 Å². The average Bonchev–Trinajstić information content (AvgIpc) is 3.16. The quantitative estimate of drug-likeness (QED) is 0.710. The molecule has 23 heavy (non-hydrogen) atoms. The molecule has 0 unspecified atom stereocenters. The van der Waals surface area contributed by atoms with E-state index in [9.17, 15) is 9.59 Å². The molecule has 0 radical (unpaired) electrons. The van der Waals surface area contributed by atoms with Crippen LogP contribution in [0.2, 0.25) is 0 Å². The van der Waals surface area contributed by atoms with Gasteiger partial charge >= 0.3 is 0 Å². The normalized spacial score (nSPS) is 10.5. The first-order valence-electron chi connectivity index (χ1n) is 6.44. The second-order valence-electron chi connectivity index (χ2n) is 4.56. The minimum Gasteiger partial charge on any atom is -0.462 e. The second-order valence-corrected chi connectivity index (χ2v) is 6.34. The highest BCUT2D eigenvalue weighted by molar-refractivity contribution is 9.10. The minimum absolute atomic E-state index is 0.254. The summed E-state index contributed by atoms with van der Waals surface area (Å²) in [6, 6.07) is 8.50. The van der Waals surface area contributed by atoms with Crippen LogP contribution >= 0.6 is 27.3 Å². The molecular weight excluding hydrogens is 382 g/mol. The number of rotatable bonds is 4. The number of carbonyl (C=O) groups is 2. The lowest BCUT2D eigenvalue weighted by atomic mass is 10.2. The van der Waals surface area contributed by atoms with Gasteiger partial charge in [-0.25, -0.2) is 4.98 Å². The number of primary amides is 1. The highest BCUT2D eigenvalue weighted by Gasteiger charge is 2.13. The number of nitrogens with one attached hydrogen (secondary N) is 1. The van der Waals surface area contributed by atoms with Gasteiger partial charge in [-0.3, -0.25) is 14.9 Å². The maximum Gasteiger partial charge on any atom is 0.257 e. The van der Waals surface area contributed by atoms with Crippen LogP contribution in [-0.2, 0) is 0 Å². The van der Waals surface area contributed by atoms with Crippen molar-refractivity contribution < 1.29 is 14.0 Å². The minimum atomic E-state index is -0.570. The van der Waals surface area contributed by atoms with Gasteiger partial charge in [0.05, 0.1) is 5.56 Å². The van der Waals surface area contributed by atoms with Gasteiger partial charge in [0.1, 0.15) is 12.0 Å². The number of furan rings is 1. The molecule has 8 heteroatoms. The third kappa shape index (κ3) is 3.49. The SMILES string of the molecule is NC(=O)c1coc(-c2csc(NC(=O)c3ccc(Br)cc3)n2)c1. The number of carbonyl (C=O) groups excluding carboxylic acids is 2. The number of nitrogens with two attached hydrogens (primary N) is 1. The van der Waals surface area contributed by atoms with Crippen molar-refractivity contribution in [3.05, 3.63) is 57.6 Å². The molecule has 3 rings (SSSR count). The maximum atomic E-state index is 12.1. The van der Waals surface area contributed by atoms with E-state index in [1.807, 2.05) is 0 Å². The summed E-state index contributed by atoms with van der Waals surface area (Å²) in [5.41, 5.74) is 6.49. The molecule has 3 aromatic rings. The Bertz CT molecular complexity index is 870. The molecule has 0 aliphatic heterocycles. The first-order chi connectivity index (χ1) is 11.0. The summed E-state index contributed by atoms with van der Waals surface area (Å²) in [5.74, 6) is -0.408. The number of hydrogen-bond donors (Lipinski definition) is 2. The summed E-state index contributed by atoms with van der Waals surface area (Å²) in [5, 5.41) is 4.88. The first kappa shape index (κ1) is 15.4. The number of amides is 2. The molecule has 0 spiro atoms. The highest BCUT2D eigenvalue weighted by Crippen LogP contribution is 2.26. The van der Waals surface area contributed by atoms with Crippen molar-refractivity contribution in [2.45, 2.75) is 0 Å². The third-order valence-electron chi connectivity index (χ3n) is 2.97. The summed E-state index contributed by atoms with van der Waals surface area (Å²) in [4.78, 5) is 27.4. The Morgan fingerprint density at radius 2 is 1.96 bits per heavy atom. The Morgan fingerprint density at radius 3 is 2.61 bits per heavy atom. The third-order valence-corrected chi connectivity index (χ3v) is 4.25. The summed E-state index contributed by atoms with van der Waals surface area (Å²) in [6.07, 6.45) is 1.27. The molecule has 0 aliphatic carbocycles. The van der Waals surface area contributed by atoms with Gasteiger partial charge in [-0.2, -0.15) is 0 Å². The van der Waals surface area contributed by atoms with E-state index in [0.717, 1.165) is 4.47 Å². The van der Waals surface area contributed by atoms with Crippen LogP contribution in [0.1, 0.15) is 20.7 Å². The van der Waals surface area contributed by atoms with E-state index in [1.165, 1.54) is 23.7 Å². The molecular formula is C15H10BrN3O3S. The standard InChI is InChI=1S/C15H10BrN3O3S/c16-10-3-1-8(2-4-10)14(21)19-15-18-11(7-23-15)12-5-9(6-22-12)13(17)20/h1-7H,(H2,17,20)(H,18,19,21). The van der Waals surface area contributed by atoms with Gasteiger partial charge in [-0.15, -0.1) is 11.3 Å². The molecule has 6 nitrogen and oxygen atoms in total. The van der Waals surface area contributed by atoms with E-state index in [-0.39, 0.29) is 11.5 Å². The van der Waals surface area contributed by atoms with Crippen molar-refractivity contribution in [2.24, 2.45) is 5.73 Å². The molecule has 1 aromatic carbocycles. The smallest absolute Gasteiger partial charge is 0.257 e. The Morgan fingerprint density at radius 1 is 1.22 bits per heavy atom. The van der Waals surface area contributed by atoms with Gasteiger partial charge in [0, 0.05) is 15.4 Å². The summed E-state index contributed by atoms with van der Waals surface area (Å²) < 4.78 is 6.15. The fraction of sp³-hybridized carbons (Fsp3) is 0. The van der Waals surface area contributed by atoms with Crippen molar-refractivity contribution in [1.29, 1.82) is 0 Å². The van der Waals surface area contributed by atoms with E-state index >= 15 is 0 Å². The van der Waals surface area contributed by atoms with Crippen LogP contribution in [0.4, 0.5) is 5.13 Å². The van der Waals surface area contributed by atoms with Crippen molar-refractivity contribution in [3.8, 4) is 11.5 Å². The van der Waals surface area contributed by atoms with Gasteiger partial charge in [-0.05, 0) is 30.3 Å². The largest absolute Gasteiger partial charge is 0.462 e. The van der Waals surface area contributed by atoms with Crippen LogP contribution in [0.25, 0.3) is 11.5 Å². The average molecular weight is 392 g/mol. The van der Waals surface area contributed by atoms with Crippen molar-refractivity contribution in [1.82, 2.24) is 4.98 Å². The molecule has 0 saturated carbocycles. The van der Waals surface area contributed by atoms with Crippen LogP contribution in [0.5, 0.6) is 0 Å². The van der Waals surface area contributed by atoms with Gasteiger partial charge in [0.15, 0.2) is 10.9 Å². The fourth-order valence-corrected chi connectivity index (χ4v) is 2.77. The van der Waals surface area contributed by atoms with Crippen LogP contribution in [0.15, 0.2) is 50.9 Å². The van der Waals surface area contributed by atoms with E-state index in [0.29, 0.717) is 22.1 Å². The number of thiazole rings is 1. The molecule has 2 aromatic heterocycles. The predicted molar refractivity (Wildman–Crippen MR) is 90.4 cm³/mol. The van der Waals surface area contributed by atoms with E-state index in [2.05, 4.69) is 26.2 Å². The molecule has 116 valence electrons. The number of benzene rings is 1. The topological polar surface area (TPSA) is 98.2 Å². The molecule has 2 amide bonds. The lowest BCUT2D eigenvalue weighted by Crippen LogP contribution is -2.11. The van der Waals surface area contributed by atoms with Gasteiger partial charge in [0.25, 0.3) is 11.8 Å². The number of halogens is 1. The molecule has 0 atom stereocenters. The Balaban J connectivity index is 1.75. The predicted octanol–water partition coefficient (Wildman–Crippen LogP) is 3.52. The monoisotopic (exact) mass is 391 g/mol. The Hall–Kier alpha value is -2.45. The molecule has 0 bridgehead atoms. The van der Waals surface area contributed by atoms with Gasteiger partial charge < -0.3 is 10.2 Å². The lowest BCUT2D eigenvalue weighted by molar-refractivity contribution is 0.0997. The molecule has 3 N–H and O–H groups in total. The zero-order valence-electron chi connectivity index (χ0n) is 11.6. The fourth-order valence-electron chi connectivity index (χ4n) is 1.81. The van der Waals surface area contributed by atoms with Crippen LogP contribution in [-0.4, -0.2) is 16.8 Å².